The lowest BCUT2D eigenvalue weighted by atomic mass is 10.1. The maximum Gasteiger partial charge on any atom is 0.407 e. The van der Waals surface area contributed by atoms with Crippen LogP contribution in [0.3, 0.4) is 0 Å². The number of guanidine groups is 1. The fourth-order valence-corrected chi connectivity index (χ4v) is 3.83. The van der Waals surface area contributed by atoms with Crippen molar-refractivity contribution >= 4 is 12.1 Å². The second-order valence-electron chi connectivity index (χ2n) is 8.18. The van der Waals surface area contributed by atoms with Crippen LogP contribution in [0.25, 0.3) is 0 Å². The third-order valence-corrected chi connectivity index (χ3v) is 5.65. The summed E-state index contributed by atoms with van der Waals surface area (Å²) in [6.07, 6.45) is 4.60. The van der Waals surface area contributed by atoms with Crippen molar-refractivity contribution in [1.82, 2.24) is 20.9 Å². The minimum absolute atomic E-state index is 0.0674. The number of rotatable bonds is 10. The quantitative estimate of drug-likeness (QED) is 0.405. The Morgan fingerprint density at radius 2 is 1.83 bits per heavy atom. The molecule has 1 atom stereocenters. The highest BCUT2D eigenvalue weighted by atomic mass is 16.5. The maximum absolute atomic E-state index is 11.8. The molecule has 2 fully saturated rings. The minimum atomic E-state index is -0.341. The number of hydrogen-bond donors (Lipinski definition) is 3. The number of amides is 1. The summed E-state index contributed by atoms with van der Waals surface area (Å²) in [5.74, 6) is 1.29. The van der Waals surface area contributed by atoms with Crippen molar-refractivity contribution in [3.8, 4) is 0 Å². The molecule has 1 aromatic carbocycles. The summed E-state index contributed by atoms with van der Waals surface area (Å²) in [7, 11) is 0. The van der Waals surface area contributed by atoms with Crippen LogP contribution in [-0.2, 0) is 17.8 Å². The second kappa shape index (κ2) is 11.8. The van der Waals surface area contributed by atoms with Crippen LogP contribution in [0.5, 0.6) is 0 Å². The molecular weight excluding hydrogens is 378 g/mol. The number of carbonyl (C=O) groups excluding carboxylic acids is 1. The molecule has 166 valence electrons. The Kier molecular flexibility index (Phi) is 8.81. The molecule has 30 heavy (non-hydrogen) atoms. The lowest BCUT2D eigenvalue weighted by molar-refractivity contribution is 0.146. The molecule has 7 nitrogen and oxygen atoms in total. The molecule has 0 bridgehead atoms. The molecule has 1 aliphatic heterocycles. The zero-order valence-corrected chi connectivity index (χ0v) is 18.5. The smallest absolute Gasteiger partial charge is 0.407 e. The fraction of sp³-hybridized carbons (Fsp3) is 0.652. The van der Waals surface area contributed by atoms with Gasteiger partial charge in [0.05, 0.1) is 19.2 Å². The summed E-state index contributed by atoms with van der Waals surface area (Å²) in [6.45, 7) is 9.80. The molecule has 1 heterocycles. The van der Waals surface area contributed by atoms with Crippen LogP contribution in [-0.4, -0.2) is 55.8 Å². The summed E-state index contributed by atoms with van der Waals surface area (Å²) in [6, 6.07) is 8.85. The predicted molar refractivity (Wildman–Crippen MR) is 120 cm³/mol. The Morgan fingerprint density at radius 1 is 1.13 bits per heavy atom. The van der Waals surface area contributed by atoms with Gasteiger partial charge in [0.1, 0.15) is 0 Å². The molecule has 1 aliphatic carbocycles. The van der Waals surface area contributed by atoms with E-state index in [2.05, 4.69) is 52.0 Å². The van der Waals surface area contributed by atoms with Gasteiger partial charge in [-0.25, -0.2) is 9.79 Å². The van der Waals surface area contributed by atoms with Crippen LogP contribution >= 0.6 is 0 Å². The normalized spacial score (nSPS) is 18.1. The lowest BCUT2D eigenvalue weighted by Gasteiger charge is -2.20. The monoisotopic (exact) mass is 415 g/mol. The van der Waals surface area contributed by atoms with Gasteiger partial charge in [0.2, 0.25) is 0 Å². The summed E-state index contributed by atoms with van der Waals surface area (Å²) >= 11 is 0. The van der Waals surface area contributed by atoms with Gasteiger partial charge in [-0.05, 0) is 69.7 Å². The first-order valence-corrected chi connectivity index (χ1v) is 11.4. The number of carbonyl (C=O) groups is 1. The van der Waals surface area contributed by atoms with Crippen LogP contribution in [0, 0.1) is 5.92 Å². The van der Waals surface area contributed by atoms with Crippen molar-refractivity contribution in [1.29, 1.82) is 0 Å². The van der Waals surface area contributed by atoms with E-state index in [1.165, 1.54) is 37.1 Å². The number of ether oxygens (including phenoxy) is 1. The van der Waals surface area contributed by atoms with E-state index in [1.807, 2.05) is 6.92 Å². The van der Waals surface area contributed by atoms with Crippen LogP contribution in [0.15, 0.2) is 29.3 Å². The number of nitrogens with zero attached hydrogens (tertiary/aromatic N) is 2. The Labute approximate surface area is 180 Å². The van der Waals surface area contributed by atoms with E-state index in [4.69, 9.17) is 9.73 Å². The standard InChI is InChI=1S/C23H37N5O2/c1-3-24-22(26-16-21(20-11-12-20)27-23(29)30-4-2)25-15-18-7-9-19(10-8-18)17-28-13-5-6-14-28/h7-10,20-21H,3-6,11-17H2,1-2H3,(H,27,29)(H2,24,25,26). The van der Waals surface area contributed by atoms with E-state index < -0.39 is 0 Å². The van der Waals surface area contributed by atoms with Crippen molar-refractivity contribution in [2.45, 2.75) is 58.7 Å². The molecule has 2 aliphatic rings. The van der Waals surface area contributed by atoms with Crippen molar-refractivity contribution < 1.29 is 9.53 Å². The van der Waals surface area contributed by atoms with Gasteiger partial charge in [-0.3, -0.25) is 4.90 Å². The molecule has 0 aromatic heterocycles. The third kappa shape index (κ3) is 7.52. The van der Waals surface area contributed by atoms with E-state index in [0.717, 1.165) is 31.9 Å². The first-order chi connectivity index (χ1) is 14.7. The molecule has 7 heteroatoms. The van der Waals surface area contributed by atoms with Gasteiger partial charge in [0.15, 0.2) is 5.96 Å². The van der Waals surface area contributed by atoms with Crippen LogP contribution < -0.4 is 16.0 Å². The number of likely N-dealkylation sites (tertiary alicyclic amines) is 1. The van der Waals surface area contributed by atoms with Crippen LogP contribution in [0.2, 0.25) is 0 Å². The Bertz CT molecular complexity index is 681. The highest BCUT2D eigenvalue weighted by Gasteiger charge is 2.32. The van der Waals surface area contributed by atoms with E-state index >= 15 is 0 Å². The fourth-order valence-electron chi connectivity index (χ4n) is 3.83. The molecule has 1 saturated carbocycles. The second-order valence-corrected chi connectivity index (χ2v) is 8.18. The molecule has 0 spiro atoms. The van der Waals surface area contributed by atoms with Gasteiger partial charge >= 0.3 is 6.09 Å². The van der Waals surface area contributed by atoms with E-state index in [-0.39, 0.29) is 12.1 Å². The maximum atomic E-state index is 11.8. The summed E-state index contributed by atoms with van der Waals surface area (Å²) < 4.78 is 5.03. The van der Waals surface area contributed by atoms with Gasteiger partial charge in [-0.2, -0.15) is 0 Å². The molecule has 1 saturated heterocycles. The zero-order chi connectivity index (χ0) is 21.2. The van der Waals surface area contributed by atoms with Gasteiger partial charge in [-0.1, -0.05) is 24.3 Å². The van der Waals surface area contributed by atoms with Gasteiger partial charge < -0.3 is 20.7 Å². The molecule has 1 unspecified atom stereocenters. The van der Waals surface area contributed by atoms with E-state index in [0.29, 0.717) is 25.6 Å². The number of hydrogen-bond acceptors (Lipinski definition) is 4. The number of aliphatic imine (C=N–C) groups is 1. The summed E-state index contributed by atoms with van der Waals surface area (Å²) in [4.78, 5) is 19.0. The third-order valence-electron chi connectivity index (χ3n) is 5.65. The Morgan fingerprint density at radius 3 is 2.47 bits per heavy atom. The number of alkyl carbamates (subject to hydrolysis) is 1. The van der Waals surface area contributed by atoms with Crippen molar-refractivity contribution in [3.63, 3.8) is 0 Å². The van der Waals surface area contributed by atoms with Gasteiger partial charge in [0.25, 0.3) is 0 Å². The zero-order valence-electron chi connectivity index (χ0n) is 18.5. The average Bonchev–Trinajstić information content (AvgIpc) is 3.47. The Balaban J connectivity index is 1.49. The van der Waals surface area contributed by atoms with Gasteiger partial charge in [0, 0.05) is 19.6 Å². The molecule has 0 radical (unpaired) electrons. The van der Waals surface area contributed by atoms with E-state index in [1.54, 1.807) is 0 Å². The average molecular weight is 416 g/mol. The largest absolute Gasteiger partial charge is 0.450 e. The molecule has 1 amide bonds. The Hall–Kier alpha value is -2.28. The van der Waals surface area contributed by atoms with E-state index in [9.17, 15) is 4.79 Å². The summed E-state index contributed by atoms with van der Waals surface area (Å²) in [5, 5.41) is 9.65. The van der Waals surface area contributed by atoms with Crippen molar-refractivity contribution in [2.24, 2.45) is 10.9 Å². The van der Waals surface area contributed by atoms with Crippen molar-refractivity contribution in [3.05, 3.63) is 35.4 Å². The molecule has 3 N–H and O–H groups in total. The van der Waals surface area contributed by atoms with Crippen LogP contribution in [0.4, 0.5) is 4.79 Å². The topological polar surface area (TPSA) is 78.0 Å². The summed E-state index contributed by atoms with van der Waals surface area (Å²) in [5.41, 5.74) is 2.56. The number of benzene rings is 1. The van der Waals surface area contributed by atoms with Crippen LogP contribution in [0.1, 0.15) is 50.7 Å². The van der Waals surface area contributed by atoms with Gasteiger partial charge in [-0.15, -0.1) is 0 Å². The minimum Gasteiger partial charge on any atom is -0.450 e. The highest BCUT2D eigenvalue weighted by molar-refractivity contribution is 5.79. The molecule has 3 rings (SSSR count). The first-order valence-electron chi connectivity index (χ1n) is 11.4. The molecular formula is C23H37N5O2. The number of nitrogens with one attached hydrogen (secondary N) is 3. The highest BCUT2D eigenvalue weighted by Crippen LogP contribution is 2.32. The molecule has 1 aromatic rings. The predicted octanol–water partition coefficient (Wildman–Crippen LogP) is 2.86. The SMILES string of the molecule is CCNC(=NCc1ccc(CN2CCCC2)cc1)NCC(NC(=O)OCC)C1CC1. The lowest BCUT2D eigenvalue weighted by Crippen LogP contribution is -2.48. The van der Waals surface area contributed by atoms with Crippen molar-refractivity contribution in [2.75, 3.05) is 32.8 Å². The first kappa shape index (κ1) is 22.4.